The molecule has 0 aliphatic rings. The number of pyridine rings is 1. The van der Waals surface area contributed by atoms with Crippen LogP contribution in [-0.4, -0.2) is 15.9 Å². The molecule has 0 fully saturated rings. The molecule has 0 amide bonds. The van der Waals surface area contributed by atoms with E-state index in [0.717, 1.165) is 16.8 Å². The van der Waals surface area contributed by atoms with Gasteiger partial charge >= 0.3 is 0 Å². The Morgan fingerprint density at radius 1 is 1.33 bits per heavy atom. The number of nitriles is 1. The molecule has 2 aromatic rings. The molecule has 0 unspecified atom stereocenters. The maximum Gasteiger partial charge on any atom is 0.271 e. The second kappa shape index (κ2) is 7.14. The van der Waals surface area contributed by atoms with Crippen LogP contribution in [0.25, 0.3) is 0 Å². The van der Waals surface area contributed by atoms with Crippen molar-refractivity contribution in [2.24, 2.45) is 4.99 Å². The van der Waals surface area contributed by atoms with Crippen molar-refractivity contribution < 1.29 is 5.11 Å². The molecule has 0 radical (unpaired) electrons. The Bertz CT molecular complexity index is 902. The first kappa shape index (κ1) is 17.5. The molecule has 5 nitrogen and oxygen atoms in total. The van der Waals surface area contributed by atoms with Gasteiger partial charge in [-0.2, -0.15) is 5.26 Å². The first-order valence-electron chi connectivity index (χ1n) is 7.88. The number of hydrogen-bond acceptors (Lipinski definition) is 4. The molecule has 1 heterocycles. The zero-order valence-electron chi connectivity index (χ0n) is 14.4. The smallest absolute Gasteiger partial charge is 0.271 e. The van der Waals surface area contributed by atoms with E-state index in [2.05, 4.69) is 4.99 Å². The SMILES string of the molecule is CCCn1c(O)c(C=Nc2ccc(C)cc2C)c(C)c(C#N)c1=O. The number of hydrogen-bond donors (Lipinski definition) is 1. The summed E-state index contributed by atoms with van der Waals surface area (Å²) in [6, 6.07) is 7.83. The second-order valence-electron chi connectivity index (χ2n) is 5.85. The highest BCUT2D eigenvalue weighted by Crippen LogP contribution is 2.23. The summed E-state index contributed by atoms with van der Waals surface area (Å²) in [6.07, 6.45) is 2.20. The minimum absolute atomic E-state index is 0.0447. The Balaban J connectivity index is 2.61. The van der Waals surface area contributed by atoms with Crippen LogP contribution in [-0.2, 0) is 6.54 Å². The van der Waals surface area contributed by atoms with Gasteiger partial charge in [0.2, 0.25) is 5.88 Å². The van der Waals surface area contributed by atoms with Gasteiger partial charge in [0, 0.05) is 12.8 Å². The molecule has 0 spiro atoms. The molecular formula is C19H21N3O2. The third kappa shape index (κ3) is 3.23. The van der Waals surface area contributed by atoms with Gasteiger partial charge in [-0.05, 0) is 44.4 Å². The van der Waals surface area contributed by atoms with E-state index in [1.165, 1.54) is 10.8 Å². The summed E-state index contributed by atoms with van der Waals surface area (Å²) in [5.41, 5.74) is 3.38. The van der Waals surface area contributed by atoms with E-state index >= 15 is 0 Å². The fourth-order valence-corrected chi connectivity index (χ4v) is 2.64. The molecule has 5 heteroatoms. The predicted octanol–water partition coefficient (Wildman–Crippen LogP) is 3.51. The van der Waals surface area contributed by atoms with Gasteiger partial charge in [-0.15, -0.1) is 0 Å². The Morgan fingerprint density at radius 3 is 2.62 bits per heavy atom. The minimum Gasteiger partial charge on any atom is -0.494 e. The summed E-state index contributed by atoms with van der Waals surface area (Å²) in [6.45, 7) is 7.88. The Kier molecular flexibility index (Phi) is 5.20. The van der Waals surface area contributed by atoms with E-state index in [0.29, 0.717) is 24.1 Å². The molecular weight excluding hydrogens is 302 g/mol. The van der Waals surface area contributed by atoms with Gasteiger partial charge in [0.05, 0.1) is 11.3 Å². The zero-order chi connectivity index (χ0) is 17.9. The lowest BCUT2D eigenvalue weighted by atomic mass is 10.1. The summed E-state index contributed by atoms with van der Waals surface area (Å²) in [5, 5.41) is 19.7. The molecule has 1 N–H and O–H groups in total. The highest BCUT2D eigenvalue weighted by atomic mass is 16.3. The normalized spacial score (nSPS) is 11.0. The van der Waals surface area contributed by atoms with Gasteiger partial charge in [0.25, 0.3) is 5.56 Å². The van der Waals surface area contributed by atoms with Crippen LogP contribution < -0.4 is 5.56 Å². The maximum absolute atomic E-state index is 12.3. The zero-order valence-corrected chi connectivity index (χ0v) is 14.4. The van der Waals surface area contributed by atoms with Crippen LogP contribution in [0.1, 0.15) is 41.2 Å². The topological polar surface area (TPSA) is 78.4 Å². The molecule has 0 bridgehead atoms. The molecule has 0 saturated heterocycles. The molecule has 124 valence electrons. The fourth-order valence-electron chi connectivity index (χ4n) is 2.64. The van der Waals surface area contributed by atoms with Crippen molar-refractivity contribution >= 4 is 11.9 Å². The second-order valence-corrected chi connectivity index (χ2v) is 5.85. The van der Waals surface area contributed by atoms with Crippen LogP contribution in [0.3, 0.4) is 0 Å². The molecule has 0 aliphatic carbocycles. The largest absolute Gasteiger partial charge is 0.494 e. The third-order valence-electron chi connectivity index (χ3n) is 3.98. The molecule has 1 aromatic heterocycles. The first-order chi connectivity index (χ1) is 11.4. The van der Waals surface area contributed by atoms with Gasteiger partial charge in [0.1, 0.15) is 11.6 Å². The quantitative estimate of drug-likeness (QED) is 0.874. The predicted molar refractivity (Wildman–Crippen MR) is 95.3 cm³/mol. The van der Waals surface area contributed by atoms with Gasteiger partial charge < -0.3 is 5.11 Å². The van der Waals surface area contributed by atoms with Crippen LogP contribution in [0.5, 0.6) is 5.88 Å². The molecule has 0 atom stereocenters. The van der Waals surface area contributed by atoms with Gasteiger partial charge in [0.15, 0.2) is 0 Å². The molecule has 1 aromatic carbocycles. The summed E-state index contributed by atoms with van der Waals surface area (Å²) < 4.78 is 1.23. The van der Waals surface area contributed by atoms with E-state index in [4.69, 9.17) is 0 Å². The van der Waals surface area contributed by atoms with Crippen molar-refractivity contribution in [2.45, 2.75) is 40.7 Å². The van der Waals surface area contributed by atoms with Crippen molar-refractivity contribution in [1.82, 2.24) is 4.57 Å². The maximum atomic E-state index is 12.3. The average molecular weight is 323 g/mol. The van der Waals surface area contributed by atoms with E-state index in [1.54, 1.807) is 6.92 Å². The van der Waals surface area contributed by atoms with E-state index < -0.39 is 5.56 Å². The highest BCUT2D eigenvalue weighted by molar-refractivity contribution is 5.87. The number of aromatic hydroxyl groups is 1. The lowest BCUT2D eigenvalue weighted by molar-refractivity contribution is 0.403. The van der Waals surface area contributed by atoms with Crippen LogP contribution in [0.2, 0.25) is 0 Å². The molecule has 0 aliphatic heterocycles. The minimum atomic E-state index is -0.460. The number of nitrogens with zero attached hydrogens (tertiary/aromatic N) is 3. The Labute approximate surface area is 141 Å². The highest BCUT2D eigenvalue weighted by Gasteiger charge is 2.17. The van der Waals surface area contributed by atoms with Crippen molar-refractivity contribution in [3.05, 3.63) is 56.4 Å². The monoisotopic (exact) mass is 323 g/mol. The first-order valence-corrected chi connectivity index (χ1v) is 7.88. The summed E-state index contributed by atoms with van der Waals surface area (Å²) in [7, 11) is 0. The van der Waals surface area contributed by atoms with Gasteiger partial charge in [-0.1, -0.05) is 24.6 Å². The van der Waals surface area contributed by atoms with Crippen LogP contribution in [0.15, 0.2) is 28.0 Å². The molecule has 2 rings (SSSR count). The lowest BCUT2D eigenvalue weighted by Gasteiger charge is -2.13. The molecule has 0 saturated carbocycles. The number of rotatable bonds is 4. The van der Waals surface area contributed by atoms with Crippen molar-refractivity contribution in [3.63, 3.8) is 0 Å². The third-order valence-corrected chi connectivity index (χ3v) is 3.98. The summed E-state index contributed by atoms with van der Waals surface area (Å²) >= 11 is 0. The fraction of sp³-hybridized carbons (Fsp3) is 0.316. The van der Waals surface area contributed by atoms with E-state index in [9.17, 15) is 15.2 Å². The van der Waals surface area contributed by atoms with E-state index in [1.807, 2.05) is 45.0 Å². The number of benzene rings is 1. The summed E-state index contributed by atoms with van der Waals surface area (Å²) in [4.78, 5) is 16.7. The lowest BCUT2D eigenvalue weighted by Crippen LogP contribution is -2.25. The van der Waals surface area contributed by atoms with Crippen LogP contribution in [0.4, 0.5) is 5.69 Å². The van der Waals surface area contributed by atoms with Crippen LogP contribution >= 0.6 is 0 Å². The van der Waals surface area contributed by atoms with Crippen molar-refractivity contribution in [2.75, 3.05) is 0 Å². The van der Waals surface area contributed by atoms with Gasteiger partial charge in [-0.3, -0.25) is 14.4 Å². The number of aromatic nitrogens is 1. The van der Waals surface area contributed by atoms with Crippen molar-refractivity contribution in [1.29, 1.82) is 5.26 Å². The summed E-state index contributed by atoms with van der Waals surface area (Å²) in [5.74, 6) is -0.146. The van der Waals surface area contributed by atoms with Crippen molar-refractivity contribution in [3.8, 4) is 11.9 Å². The standard InChI is InChI=1S/C19H21N3O2/c1-5-8-22-18(23)15(10-20)14(4)16(19(22)24)11-21-17-7-6-12(2)9-13(17)3/h6-7,9,11,24H,5,8H2,1-4H3. The average Bonchev–Trinajstić information content (AvgIpc) is 2.53. The molecule has 24 heavy (non-hydrogen) atoms. The Morgan fingerprint density at radius 2 is 2.04 bits per heavy atom. The van der Waals surface area contributed by atoms with Gasteiger partial charge in [-0.25, -0.2) is 0 Å². The number of aryl methyl sites for hydroxylation is 2. The Hall–Kier alpha value is -2.87. The van der Waals surface area contributed by atoms with E-state index in [-0.39, 0.29) is 11.4 Å². The van der Waals surface area contributed by atoms with Crippen LogP contribution in [0, 0.1) is 32.1 Å². The number of aliphatic imine (C=N–C) groups is 1.